The molecule has 15 heteroatoms. The number of hydrogen-bond donors (Lipinski definition) is 4. The van der Waals surface area contributed by atoms with Crippen LogP contribution in [0.4, 0.5) is 4.79 Å². The minimum absolute atomic E-state index is 0. The van der Waals surface area contributed by atoms with Crippen LogP contribution in [-0.4, -0.2) is 88.5 Å². The van der Waals surface area contributed by atoms with E-state index in [1.54, 1.807) is 20.8 Å². The highest BCUT2D eigenvalue weighted by atomic mass is 35.5. The third-order valence-electron chi connectivity index (χ3n) is 7.11. The van der Waals surface area contributed by atoms with Crippen LogP contribution in [0.2, 0.25) is 0 Å². The van der Waals surface area contributed by atoms with E-state index in [0.29, 0.717) is 32.7 Å². The van der Waals surface area contributed by atoms with Gasteiger partial charge in [-0.1, -0.05) is 54.4 Å². The SMILES string of the molecule is CC(C)(C)OC(=O)N[C@H](CNS(=O)(=O)N1CCCCC1)C(C)(C)C.CC(C)(C)[C@H](N)CNS(=O)(=O)N1CCCCC1.Cl. The summed E-state index contributed by atoms with van der Waals surface area (Å²) in [6, 6.07) is -0.561. The molecule has 0 aromatic heterocycles. The lowest BCUT2D eigenvalue weighted by Crippen LogP contribution is -2.54. The average molecular weight is 663 g/mol. The lowest BCUT2D eigenvalue weighted by atomic mass is 9.87. The maximum atomic E-state index is 12.4. The fourth-order valence-electron chi connectivity index (χ4n) is 4.11. The van der Waals surface area contributed by atoms with Gasteiger partial charge >= 0.3 is 6.09 Å². The topological polar surface area (TPSA) is 163 Å². The summed E-state index contributed by atoms with van der Waals surface area (Å²) in [6.45, 7) is 20.0. The predicted octanol–water partition coefficient (Wildman–Crippen LogP) is 3.35. The van der Waals surface area contributed by atoms with Crippen LogP contribution in [0.3, 0.4) is 0 Å². The van der Waals surface area contributed by atoms with E-state index >= 15 is 0 Å². The molecule has 0 radical (unpaired) electrons. The van der Waals surface area contributed by atoms with E-state index in [1.807, 2.05) is 41.5 Å². The first-order chi connectivity index (χ1) is 18.5. The summed E-state index contributed by atoms with van der Waals surface area (Å²) in [7, 11) is -6.85. The fraction of sp³-hybridized carbons (Fsp3) is 0.963. The fourth-order valence-corrected chi connectivity index (χ4v) is 6.72. The van der Waals surface area contributed by atoms with Crippen molar-refractivity contribution >= 4 is 38.9 Å². The third kappa shape index (κ3) is 15.8. The van der Waals surface area contributed by atoms with Crippen molar-refractivity contribution in [1.29, 1.82) is 0 Å². The molecule has 1 amide bonds. The molecule has 0 aromatic carbocycles. The van der Waals surface area contributed by atoms with Crippen LogP contribution in [0.25, 0.3) is 0 Å². The van der Waals surface area contributed by atoms with Crippen LogP contribution in [0, 0.1) is 10.8 Å². The van der Waals surface area contributed by atoms with Crippen molar-refractivity contribution in [2.75, 3.05) is 39.3 Å². The van der Waals surface area contributed by atoms with Crippen LogP contribution in [0.1, 0.15) is 101 Å². The molecule has 42 heavy (non-hydrogen) atoms. The van der Waals surface area contributed by atoms with Crippen molar-refractivity contribution in [2.45, 2.75) is 119 Å². The zero-order valence-corrected chi connectivity index (χ0v) is 29.7. The molecular formula is C27H59ClN6O6S2. The first kappa shape index (κ1) is 41.3. The molecule has 252 valence electrons. The van der Waals surface area contributed by atoms with Gasteiger partial charge < -0.3 is 15.8 Å². The van der Waals surface area contributed by atoms with Crippen LogP contribution in [0.15, 0.2) is 0 Å². The molecule has 2 saturated heterocycles. The number of nitrogens with zero attached hydrogens (tertiary/aromatic N) is 2. The zero-order valence-electron chi connectivity index (χ0n) is 27.3. The molecule has 12 nitrogen and oxygen atoms in total. The van der Waals surface area contributed by atoms with Crippen molar-refractivity contribution in [3.8, 4) is 0 Å². The summed E-state index contributed by atoms with van der Waals surface area (Å²) in [5.41, 5.74) is 4.93. The van der Waals surface area contributed by atoms with Crippen LogP contribution in [0.5, 0.6) is 0 Å². The van der Waals surface area contributed by atoms with E-state index in [-0.39, 0.29) is 41.9 Å². The number of ether oxygens (including phenoxy) is 1. The maximum Gasteiger partial charge on any atom is 0.407 e. The summed E-state index contributed by atoms with van der Waals surface area (Å²) in [5.74, 6) is 0. The molecule has 2 heterocycles. The molecule has 0 aliphatic carbocycles. The van der Waals surface area contributed by atoms with Gasteiger partial charge in [0.15, 0.2) is 0 Å². The highest BCUT2D eigenvalue weighted by molar-refractivity contribution is 7.87. The molecule has 0 spiro atoms. The van der Waals surface area contributed by atoms with Crippen LogP contribution >= 0.6 is 12.4 Å². The number of piperidine rings is 2. The molecule has 2 fully saturated rings. The van der Waals surface area contributed by atoms with Crippen LogP contribution < -0.4 is 20.5 Å². The summed E-state index contributed by atoms with van der Waals surface area (Å²) in [5, 5.41) is 2.78. The number of carbonyl (C=O) groups excluding carboxylic acids is 1. The molecule has 0 saturated carbocycles. The molecule has 2 rings (SSSR count). The normalized spacial score (nSPS) is 19.5. The van der Waals surface area contributed by atoms with E-state index in [2.05, 4.69) is 14.8 Å². The van der Waals surface area contributed by atoms with Gasteiger partial charge in [-0.15, -0.1) is 12.4 Å². The Kier molecular flexibility index (Phi) is 16.8. The lowest BCUT2D eigenvalue weighted by Gasteiger charge is -2.33. The number of nitrogens with two attached hydrogens (primary N) is 1. The Morgan fingerprint density at radius 2 is 1.10 bits per heavy atom. The second-order valence-corrected chi connectivity index (χ2v) is 17.7. The number of hydrogen-bond acceptors (Lipinski definition) is 7. The first-order valence-corrected chi connectivity index (χ1v) is 17.7. The van der Waals surface area contributed by atoms with Crippen molar-refractivity contribution in [1.82, 2.24) is 23.4 Å². The number of carbonyl (C=O) groups is 1. The van der Waals surface area contributed by atoms with Gasteiger partial charge in [0.25, 0.3) is 20.4 Å². The number of amides is 1. The summed E-state index contributed by atoms with van der Waals surface area (Å²) >= 11 is 0. The van der Waals surface area contributed by atoms with E-state index in [9.17, 15) is 21.6 Å². The number of halogens is 1. The van der Waals surface area contributed by atoms with E-state index < -0.39 is 32.1 Å². The second-order valence-electron chi connectivity index (χ2n) is 14.2. The highest BCUT2D eigenvalue weighted by Crippen LogP contribution is 2.21. The number of nitrogens with one attached hydrogen (secondary N) is 3. The summed E-state index contributed by atoms with van der Waals surface area (Å²) in [6.07, 6.45) is 5.32. The van der Waals surface area contributed by atoms with Gasteiger partial charge in [0.2, 0.25) is 0 Å². The van der Waals surface area contributed by atoms with Crippen molar-refractivity contribution in [3.05, 3.63) is 0 Å². The van der Waals surface area contributed by atoms with Gasteiger partial charge in [0.05, 0.1) is 6.04 Å². The summed E-state index contributed by atoms with van der Waals surface area (Å²) in [4.78, 5) is 12.0. The van der Waals surface area contributed by atoms with Gasteiger partial charge in [-0.05, 0) is 57.3 Å². The van der Waals surface area contributed by atoms with Gasteiger partial charge in [0.1, 0.15) is 5.60 Å². The minimum atomic E-state index is -3.52. The Hall–Kier alpha value is -0.740. The lowest BCUT2D eigenvalue weighted by molar-refractivity contribution is 0.0465. The van der Waals surface area contributed by atoms with E-state index in [0.717, 1.165) is 38.5 Å². The zero-order chi connectivity index (χ0) is 31.7. The smallest absolute Gasteiger partial charge is 0.407 e. The Morgan fingerprint density at radius 3 is 1.43 bits per heavy atom. The van der Waals surface area contributed by atoms with Gasteiger partial charge in [-0.2, -0.15) is 25.4 Å². The maximum absolute atomic E-state index is 12.4. The largest absolute Gasteiger partial charge is 0.444 e. The molecule has 2 aliphatic rings. The van der Waals surface area contributed by atoms with Crippen molar-refractivity contribution in [2.24, 2.45) is 16.6 Å². The van der Waals surface area contributed by atoms with Gasteiger partial charge in [0, 0.05) is 45.3 Å². The van der Waals surface area contributed by atoms with E-state index in [1.165, 1.54) is 8.61 Å². The molecule has 2 aliphatic heterocycles. The van der Waals surface area contributed by atoms with E-state index in [4.69, 9.17) is 10.5 Å². The average Bonchev–Trinajstić information content (AvgIpc) is 2.84. The molecular weight excluding hydrogens is 604 g/mol. The van der Waals surface area contributed by atoms with Gasteiger partial charge in [-0.3, -0.25) is 0 Å². The van der Waals surface area contributed by atoms with Crippen LogP contribution in [-0.2, 0) is 25.2 Å². The number of alkyl carbamates (subject to hydrolysis) is 1. The van der Waals surface area contributed by atoms with Crippen molar-refractivity contribution < 1.29 is 26.4 Å². The minimum Gasteiger partial charge on any atom is -0.444 e. The Balaban J connectivity index is 0.000000825. The third-order valence-corrected chi connectivity index (χ3v) is 10.3. The molecule has 2 atom stereocenters. The predicted molar refractivity (Wildman–Crippen MR) is 172 cm³/mol. The molecule has 0 aromatic rings. The monoisotopic (exact) mass is 662 g/mol. The molecule has 0 unspecified atom stereocenters. The summed E-state index contributed by atoms with van der Waals surface area (Å²) < 4.78 is 62.3. The first-order valence-electron chi connectivity index (χ1n) is 14.8. The Morgan fingerprint density at radius 1 is 0.714 bits per heavy atom. The Bertz CT molecular complexity index is 1010. The van der Waals surface area contributed by atoms with Gasteiger partial charge in [-0.25, -0.2) is 14.2 Å². The second kappa shape index (κ2) is 17.1. The Labute approximate surface area is 262 Å². The van der Waals surface area contributed by atoms with Crippen molar-refractivity contribution in [3.63, 3.8) is 0 Å². The molecule has 5 N–H and O–H groups in total. The highest BCUT2D eigenvalue weighted by Gasteiger charge is 2.31. The molecule has 0 bridgehead atoms. The quantitative estimate of drug-likeness (QED) is 0.294. The standard InChI is InChI=1S/C16H33N3O4S.C11H25N3O2S.ClH/c1-15(2,3)13(18-14(20)23-16(4,5)6)12-17-24(21,22)19-10-8-7-9-11-19;1-11(2,3)10(12)9-13-17(15,16)14-7-5-4-6-8-14;/h13,17H,7-12H2,1-6H3,(H,18,20);10,13H,4-9,12H2,1-3H3;1H/t13-;10-;/m11./s1. The number of rotatable bonds is 9.